The fourth-order valence-corrected chi connectivity index (χ4v) is 4.90. The second-order valence-electron chi connectivity index (χ2n) is 8.36. The molecule has 2 N–H and O–H groups in total. The van der Waals surface area contributed by atoms with Gasteiger partial charge in [0, 0.05) is 25.1 Å². The van der Waals surface area contributed by atoms with Crippen molar-refractivity contribution in [3.05, 3.63) is 46.5 Å². The van der Waals surface area contributed by atoms with Crippen LogP contribution in [0.4, 0.5) is 14.5 Å². The van der Waals surface area contributed by atoms with Crippen LogP contribution in [-0.2, 0) is 4.79 Å². The summed E-state index contributed by atoms with van der Waals surface area (Å²) in [5, 5.41) is 2.92. The highest BCUT2D eigenvalue weighted by molar-refractivity contribution is 6.34. The van der Waals surface area contributed by atoms with Crippen molar-refractivity contribution in [2.75, 3.05) is 11.4 Å². The Labute approximate surface area is 188 Å². The van der Waals surface area contributed by atoms with E-state index >= 15 is 0 Å². The third-order valence-corrected chi connectivity index (χ3v) is 6.83. The van der Waals surface area contributed by atoms with Gasteiger partial charge in [-0.15, -0.1) is 0 Å². The summed E-state index contributed by atoms with van der Waals surface area (Å²) in [6.45, 7) is 2.08. The molecule has 2 amide bonds. The van der Waals surface area contributed by atoms with Crippen molar-refractivity contribution in [2.24, 2.45) is 5.41 Å². The van der Waals surface area contributed by atoms with Crippen LogP contribution in [0.5, 0.6) is 0 Å². The van der Waals surface area contributed by atoms with Crippen molar-refractivity contribution in [1.29, 1.82) is 0 Å². The molecule has 0 atom stereocenters. The molecule has 4 rings (SSSR count). The van der Waals surface area contributed by atoms with Crippen molar-refractivity contribution < 1.29 is 23.2 Å². The van der Waals surface area contributed by atoms with Crippen molar-refractivity contribution >= 4 is 34.9 Å². The van der Waals surface area contributed by atoms with Crippen molar-refractivity contribution in [3.8, 4) is 0 Å². The molecular weight excluding hydrogens is 442 g/mol. The van der Waals surface area contributed by atoms with E-state index in [1.54, 1.807) is 6.92 Å². The van der Waals surface area contributed by atoms with Gasteiger partial charge >= 0.3 is 0 Å². The predicted molar refractivity (Wildman–Crippen MR) is 114 cm³/mol. The minimum Gasteiger partial charge on any atom is -0.348 e. The lowest BCUT2D eigenvalue weighted by molar-refractivity contribution is -0.127. The number of H-pyrrole nitrogens is 1. The first kappa shape index (κ1) is 22.4. The monoisotopic (exact) mass is 464 g/mol. The first-order valence-electron chi connectivity index (χ1n) is 10.6. The number of Topliss-reactive ketones (excluding diaryl/α,β-unsaturated/α-hetero) is 1. The van der Waals surface area contributed by atoms with Crippen LogP contribution in [0.2, 0.25) is 5.02 Å². The van der Waals surface area contributed by atoms with E-state index in [0.717, 1.165) is 12.1 Å². The standard InChI is InChI=1S/C22H23ClF2N4O3/c1-2-17(30)18-19(27-11-26-18)20(31)28-12-3-5-22(6-4-12)7-8-29(21(22)32)16-10-15(25)14(24)9-13(16)23/h9-12H,2-8H2,1H3,(H,26,27)(H,28,31). The van der Waals surface area contributed by atoms with E-state index in [2.05, 4.69) is 15.3 Å². The molecule has 1 aromatic carbocycles. The molecule has 2 aliphatic rings. The SMILES string of the molecule is CCC(=O)c1nc[nH]c1C(=O)NC1CCC2(CC1)CCN(c1cc(F)c(F)cc1Cl)C2=O. The van der Waals surface area contributed by atoms with Crippen LogP contribution in [-0.4, -0.2) is 40.2 Å². The lowest BCUT2D eigenvalue weighted by Crippen LogP contribution is -2.44. The third-order valence-electron chi connectivity index (χ3n) is 6.52. The van der Waals surface area contributed by atoms with E-state index in [-0.39, 0.29) is 46.3 Å². The minimum absolute atomic E-state index is 0.00719. The maximum absolute atomic E-state index is 13.7. The minimum atomic E-state index is -1.06. The molecule has 0 bridgehead atoms. The Kier molecular flexibility index (Phi) is 6.03. The molecule has 0 unspecified atom stereocenters. The van der Waals surface area contributed by atoms with Crippen molar-refractivity contribution in [3.63, 3.8) is 0 Å². The molecule has 10 heteroatoms. The molecule has 2 fully saturated rings. The topological polar surface area (TPSA) is 95.2 Å². The summed E-state index contributed by atoms with van der Waals surface area (Å²) in [7, 11) is 0. The molecule has 0 radical (unpaired) electrons. The number of aromatic amines is 1. The Hall–Kier alpha value is -2.81. The number of nitrogens with one attached hydrogen (secondary N) is 2. The van der Waals surface area contributed by atoms with Crippen LogP contribution in [0.25, 0.3) is 0 Å². The summed E-state index contributed by atoms with van der Waals surface area (Å²) in [5.41, 5.74) is -0.155. The zero-order valence-corrected chi connectivity index (χ0v) is 18.3. The zero-order valence-electron chi connectivity index (χ0n) is 17.5. The average molecular weight is 465 g/mol. The molecule has 1 saturated heterocycles. The van der Waals surface area contributed by atoms with Gasteiger partial charge in [0.15, 0.2) is 17.4 Å². The highest BCUT2D eigenvalue weighted by Gasteiger charge is 2.49. The highest BCUT2D eigenvalue weighted by Crippen LogP contribution is 2.47. The number of hydrogen-bond acceptors (Lipinski definition) is 4. The zero-order chi connectivity index (χ0) is 23.0. The Morgan fingerprint density at radius 2 is 1.94 bits per heavy atom. The van der Waals surface area contributed by atoms with Gasteiger partial charge in [-0.3, -0.25) is 14.4 Å². The predicted octanol–water partition coefficient (Wildman–Crippen LogP) is 4.03. The number of rotatable bonds is 5. The van der Waals surface area contributed by atoms with Gasteiger partial charge in [0.05, 0.1) is 22.5 Å². The molecule has 7 nitrogen and oxygen atoms in total. The Morgan fingerprint density at radius 3 is 2.62 bits per heavy atom. The Bertz CT molecular complexity index is 1080. The number of aromatic nitrogens is 2. The van der Waals surface area contributed by atoms with Crippen LogP contribution < -0.4 is 10.2 Å². The third kappa shape index (κ3) is 3.90. The van der Waals surface area contributed by atoms with E-state index in [0.29, 0.717) is 38.6 Å². The number of imidazole rings is 1. The number of ketones is 1. The number of amides is 2. The maximum Gasteiger partial charge on any atom is 0.270 e. The van der Waals surface area contributed by atoms with Crippen LogP contribution in [0.3, 0.4) is 0 Å². The molecular formula is C22H23ClF2N4O3. The number of nitrogens with zero attached hydrogens (tertiary/aromatic N) is 2. The van der Waals surface area contributed by atoms with Gasteiger partial charge < -0.3 is 15.2 Å². The summed E-state index contributed by atoms with van der Waals surface area (Å²) in [4.78, 5) is 45.9. The summed E-state index contributed by atoms with van der Waals surface area (Å²) < 4.78 is 27.1. The highest BCUT2D eigenvalue weighted by atomic mass is 35.5. The Balaban J connectivity index is 1.41. The van der Waals surface area contributed by atoms with E-state index < -0.39 is 23.0 Å². The molecule has 2 aromatic rings. The molecule has 1 spiro atoms. The fraction of sp³-hybridized carbons (Fsp3) is 0.455. The second-order valence-corrected chi connectivity index (χ2v) is 8.76. The van der Waals surface area contributed by atoms with Gasteiger partial charge in [-0.1, -0.05) is 18.5 Å². The number of hydrogen-bond donors (Lipinski definition) is 2. The van der Waals surface area contributed by atoms with Gasteiger partial charge in [0.1, 0.15) is 11.4 Å². The van der Waals surface area contributed by atoms with Gasteiger partial charge in [-0.05, 0) is 38.2 Å². The number of halogens is 3. The maximum atomic E-state index is 13.7. The van der Waals surface area contributed by atoms with Crippen LogP contribution >= 0.6 is 11.6 Å². The normalized spacial score (nSPS) is 23.1. The second kappa shape index (κ2) is 8.61. The number of benzene rings is 1. The molecule has 1 aromatic heterocycles. The Morgan fingerprint density at radius 1 is 1.25 bits per heavy atom. The van der Waals surface area contributed by atoms with Crippen molar-refractivity contribution in [1.82, 2.24) is 15.3 Å². The molecule has 1 saturated carbocycles. The number of anilines is 1. The lowest BCUT2D eigenvalue weighted by Gasteiger charge is -2.36. The molecule has 1 aliphatic heterocycles. The van der Waals surface area contributed by atoms with Crippen LogP contribution in [0.1, 0.15) is 66.4 Å². The fourth-order valence-electron chi connectivity index (χ4n) is 4.65. The molecule has 170 valence electrons. The smallest absolute Gasteiger partial charge is 0.270 e. The number of carbonyl (C=O) groups excluding carboxylic acids is 3. The molecule has 1 aliphatic carbocycles. The van der Waals surface area contributed by atoms with E-state index in [1.165, 1.54) is 11.2 Å². The summed E-state index contributed by atoms with van der Waals surface area (Å²) in [6, 6.07) is 1.69. The van der Waals surface area contributed by atoms with E-state index in [4.69, 9.17) is 11.6 Å². The first-order chi connectivity index (χ1) is 15.3. The van der Waals surface area contributed by atoms with Gasteiger partial charge in [0.25, 0.3) is 5.91 Å². The largest absolute Gasteiger partial charge is 0.348 e. The van der Waals surface area contributed by atoms with Crippen molar-refractivity contribution in [2.45, 2.75) is 51.5 Å². The quantitative estimate of drug-likeness (QED) is 0.516. The molecule has 2 heterocycles. The van der Waals surface area contributed by atoms with E-state index in [9.17, 15) is 23.2 Å². The van der Waals surface area contributed by atoms with Gasteiger partial charge in [0.2, 0.25) is 5.91 Å². The lowest BCUT2D eigenvalue weighted by atomic mass is 9.71. The van der Waals surface area contributed by atoms with Gasteiger partial charge in [-0.2, -0.15) is 0 Å². The molecule has 32 heavy (non-hydrogen) atoms. The average Bonchev–Trinajstić information content (AvgIpc) is 3.38. The summed E-state index contributed by atoms with van der Waals surface area (Å²) in [5.74, 6) is -2.87. The van der Waals surface area contributed by atoms with E-state index in [1.807, 2.05) is 0 Å². The number of carbonyl (C=O) groups is 3. The summed E-state index contributed by atoms with van der Waals surface area (Å²) >= 11 is 6.07. The van der Waals surface area contributed by atoms with Crippen LogP contribution in [0, 0.1) is 17.0 Å². The van der Waals surface area contributed by atoms with Crippen LogP contribution in [0.15, 0.2) is 18.5 Å². The first-order valence-corrected chi connectivity index (χ1v) is 11.0. The summed E-state index contributed by atoms with van der Waals surface area (Å²) in [6.07, 6.45) is 4.43. The van der Waals surface area contributed by atoms with Gasteiger partial charge in [-0.25, -0.2) is 13.8 Å².